The van der Waals surface area contributed by atoms with Gasteiger partial charge in [-0.3, -0.25) is 9.89 Å². The Kier molecular flexibility index (Phi) is 5.59. The van der Waals surface area contributed by atoms with E-state index in [0.717, 1.165) is 17.5 Å². The molecule has 0 saturated heterocycles. The molecule has 0 saturated carbocycles. The van der Waals surface area contributed by atoms with Crippen molar-refractivity contribution in [2.75, 3.05) is 20.3 Å². The molecule has 3 aromatic rings. The van der Waals surface area contributed by atoms with Crippen LogP contribution in [0.5, 0.6) is 5.75 Å². The Balaban J connectivity index is 1.81. The Hall–Kier alpha value is -3.12. The summed E-state index contributed by atoms with van der Waals surface area (Å²) < 4.78 is 5.20. The van der Waals surface area contributed by atoms with Crippen molar-refractivity contribution in [2.24, 2.45) is 0 Å². The minimum atomic E-state index is -0.265. The zero-order valence-corrected chi connectivity index (χ0v) is 17.6. The second kappa shape index (κ2) is 8.32. The van der Waals surface area contributed by atoms with E-state index in [9.17, 15) is 9.90 Å². The number of phenols is 1. The number of fused-ring (bicyclic) bond motifs is 1. The fraction of sp³-hybridized carbons (Fsp3) is 0.333. The number of rotatable bonds is 7. The van der Waals surface area contributed by atoms with Crippen molar-refractivity contribution in [1.82, 2.24) is 15.1 Å². The van der Waals surface area contributed by atoms with E-state index in [1.807, 2.05) is 17.0 Å². The van der Waals surface area contributed by atoms with Gasteiger partial charge in [-0.1, -0.05) is 50.2 Å². The molecule has 1 atom stereocenters. The molecule has 0 spiro atoms. The van der Waals surface area contributed by atoms with Gasteiger partial charge in [-0.15, -0.1) is 0 Å². The number of nitrogens with one attached hydrogen (secondary N) is 1. The molecule has 0 bridgehead atoms. The van der Waals surface area contributed by atoms with Crippen molar-refractivity contribution in [3.63, 3.8) is 0 Å². The smallest absolute Gasteiger partial charge is 0.273 e. The SMILES string of the molecule is COCCCN1C(=O)c2[nH]nc(-c3ccccc3O)c2[C@H]1c1ccc(C(C)C)cc1. The average molecular weight is 405 g/mol. The van der Waals surface area contributed by atoms with Crippen LogP contribution in [0.4, 0.5) is 0 Å². The van der Waals surface area contributed by atoms with Crippen LogP contribution in [0, 0.1) is 0 Å². The third-order valence-corrected chi connectivity index (χ3v) is 5.69. The monoisotopic (exact) mass is 405 g/mol. The zero-order valence-electron chi connectivity index (χ0n) is 17.6. The van der Waals surface area contributed by atoms with E-state index in [4.69, 9.17) is 4.74 Å². The van der Waals surface area contributed by atoms with Crippen LogP contribution in [0.3, 0.4) is 0 Å². The summed E-state index contributed by atoms with van der Waals surface area (Å²) in [5, 5.41) is 17.7. The largest absolute Gasteiger partial charge is 0.507 e. The normalized spacial score (nSPS) is 15.8. The summed E-state index contributed by atoms with van der Waals surface area (Å²) in [5.74, 6) is 0.502. The number of aromatic nitrogens is 2. The van der Waals surface area contributed by atoms with Gasteiger partial charge in [0.05, 0.1) is 6.04 Å². The van der Waals surface area contributed by atoms with E-state index >= 15 is 0 Å². The summed E-state index contributed by atoms with van der Waals surface area (Å²) in [5.41, 5.74) is 4.82. The van der Waals surface area contributed by atoms with Gasteiger partial charge in [0, 0.05) is 31.4 Å². The van der Waals surface area contributed by atoms with Crippen molar-refractivity contribution < 1.29 is 14.6 Å². The van der Waals surface area contributed by atoms with Crippen LogP contribution in [0.25, 0.3) is 11.3 Å². The van der Waals surface area contributed by atoms with Crippen LogP contribution in [-0.4, -0.2) is 46.4 Å². The number of ether oxygens (including phenoxy) is 1. The molecule has 2 N–H and O–H groups in total. The van der Waals surface area contributed by atoms with E-state index in [0.29, 0.717) is 36.0 Å². The lowest BCUT2D eigenvalue weighted by Gasteiger charge is -2.26. The lowest BCUT2D eigenvalue weighted by atomic mass is 9.93. The molecule has 0 radical (unpaired) electrons. The van der Waals surface area contributed by atoms with Gasteiger partial charge in [0.25, 0.3) is 5.91 Å². The third-order valence-electron chi connectivity index (χ3n) is 5.69. The quantitative estimate of drug-likeness (QED) is 0.568. The second-order valence-corrected chi connectivity index (χ2v) is 7.95. The highest BCUT2D eigenvalue weighted by Gasteiger charge is 2.42. The molecule has 6 heteroatoms. The van der Waals surface area contributed by atoms with Gasteiger partial charge < -0.3 is 14.7 Å². The number of carbonyl (C=O) groups excluding carboxylic acids is 1. The molecular formula is C24H27N3O3. The number of H-pyrrole nitrogens is 1. The number of hydrogen-bond donors (Lipinski definition) is 2. The van der Waals surface area contributed by atoms with Gasteiger partial charge in [0.1, 0.15) is 17.1 Å². The van der Waals surface area contributed by atoms with Crippen LogP contribution in [0.2, 0.25) is 0 Å². The number of methoxy groups -OCH3 is 1. The van der Waals surface area contributed by atoms with Crippen LogP contribution >= 0.6 is 0 Å². The molecule has 0 unspecified atom stereocenters. The third kappa shape index (κ3) is 3.48. The Bertz CT molecular complexity index is 1040. The Labute approximate surface area is 176 Å². The van der Waals surface area contributed by atoms with Crippen LogP contribution in [0.15, 0.2) is 48.5 Å². The zero-order chi connectivity index (χ0) is 21.3. The molecule has 4 rings (SSSR count). The van der Waals surface area contributed by atoms with Crippen molar-refractivity contribution in [3.8, 4) is 17.0 Å². The van der Waals surface area contributed by atoms with Gasteiger partial charge in [-0.25, -0.2) is 0 Å². The highest BCUT2D eigenvalue weighted by atomic mass is 16.5. The number of aromatic amines is 1. The summed E-state index contributed by atoms with van der Waals surface area (Å²) in [7, 11) is 1.66. The first kappa shape index (κ1) is 20.2. The summed E-state index contributed by atoms with van der Waals surface area (Å²) >= 11 is 0. The maximum absolute atomic E-state index is 13.2. The molecule has 30 heavy (non-hydrogen) atoms. The number of hydrogen-bond acceptors (Lipinski definition) is 4. The molecule has 6 nitrogen and oxygen atoms in total. The van der Waals surface area contributed by atoms with Gasteiger partial charge in [0.15, 0.2) is 0 Å². The molecule has 1 aromatic heterocycles. The fourth-order valence-electron chi connectivity index (χ4n) is 4.10. The predicted octanol–water partition coefficient (Wildman–Crippen LogP) is 4.49. The van der Waals surface area contributed by atoms with Gasteiger partial charge in [-0.05, 0) is 35.6 Å². The second-order valence-electron chi connectivity index (χ2n) is 7.95. The maximum Gasteiger partial charge on any atom is 0.273 e. The molecule has 1 aliphatic heterocycles. The lowest BCUT2D eigenvalue weighted by molar-refractivity contribution is 0.0723. The Morgan fingerprint density at radius 3 is 2.57 bits per heavy atom. The van der Waals surface area contributed by atoms with Crippen molar-refractivity contribution in [1.29, 1.82) is 0 Å². The summed E-state index contributed by atoms with van der Waals surface area (Å²) in [6.45, 7) is 5.48. The molecule has 2 aromatic carbocycles. The Morgan fingerprint density at radius 2 is 1.90 bits per heavy atom. The number of carbonyl (C=O) groups is 1. The molecule has 1 amide bonds. The van der Waals surface area contributed by atoms with Crippen molar-refractivity contribution in [3.05, 3.63) is 70.9 Å². The maximum atomic E-state index is 13.2. The molecule has 2 heterocycles. The van der Waals surface area contributed by atoms with Crippen LogP contribution < -0.4 is 0 Å². The van der Waals surface area contributed by atoms with Crippen molar-refractivity contribution >= 4 is 5.91 Å². The number of nitrogens with zero attached hydrogens (tertiary/aromatic N) is 2. The van der Waals surface area contributed by atoms with E-state index in [1.54, 1.807) is 19.2 Å². The Morgan fingerprint density at radius 1 is 1.17 bits per heavy atom. The van der Waals surface area contributed by atoms with Crippen LogP contribution in [0.1, 0.15) is 59.4 Å². The first-order valence-electron chi connectivity index (χ1n) is 10.3. The minimum Gasteiger partial charge on any atom is -0.507 e. The van der Waals surface area contributed by atoms with E-state index in [2.05, 4.69) is 48.3 Å². The number of benzene rings is 2. The predicted molar refractivity (Wildman–Crippen MR) is 116 cm³/mol. The highest BCUT2D eigenvalue weighted by Crippen LogP contribution is 2.44. The summed E-state index contributed by atoms with van der Waals surface area (Å²) in [6, 6.07) is 15.2. The molecule has 0 aliphatic carbocycles. The fourth-order valence-corrected chi connectivity index (χ4v) is 4.10. The average Bonchev–Trinajstić information content (AvgIpc) is 3.28. The van der Waals surface area contributed by atoms with Gasteiger partial charge in [0.2, 0.25) is 0 Å². The number of phenolic OH excluding ortho intramolecular Hbond substituents is 1. The van der Waals surface area contributed by atoms with Gasteiger partial charge in [-0.2, -0.15) is 5.10 Å². The molecule has 0 fully saturated rings. The van der Waals surface area contributed by atoms with E-state index < -0.39 is 0 Å². The highest BCUT2D eigenvalue weighted by molar-refractivity contribution is 6.00. The van der Waals surface area contributed by atoms with E-state index in [-0.39, 0.29) is 17.7 Å². The van der Waals surface area contributed by atoms with Crippen LogP contribution in [-0.2, 0) is 4.74 Å². The number of para-hydroxylation sites is 1. The summed E-state index contributed by atoms with van der Waals surface area (Å²) in [4.78, 5) is 15.1. The minimum absolute atomic E-state index is 0.0757. The topological polar surface area (TPSA) is 78.5 Å². The lowest BCUT2D eigenvalue weighted by Crippen LogP contribution is -2.31. The first-order chi connectivity index (χ1) is 14.5. The molecule has 1 aliphatic rings. The van der Waals surface area contributed by atoms with E-state index in [1.165, 1.54) is 5.56 Å². The number of aromatic hydroxyl groups is 1. The molecular weight excluding hydrogens is 378 g/mol. The van der Waals surface area contributed by atoms with Crippen molar-refractivity contribution in [2.45, 2.75) is 32.2 Å². The standard InChI is InChI=1S/C24H27N3O3/c1-15(2)16-9-11-17(12-10-16)23-20-21(18-7-4-5-8-19(18)28)25-26-22(20)24(29)27(23)13-6-14-30-3/h4-5,7-12,15,23,28H,6,13-14H2,1-3H3,(H,25,26)/t23-/m1/s1. The first-order valence-corrected chi connectivity index (χ1v) is 10.3. The number of amides is 1. The summed E-state index contributed by atoms with van der Waals surface area (Å²) in [6.07, 6.45) is 0.743. The molecule has 156 valence electrons. The van der Waals surface area contributed by atoms with Gasteiger partial charge >= 0.3 is 0 Å².